The number of aromatic nitrogens is 4. The van der Waals surface area contributed by atoms with E-state index in [1.165, 1.54) is 0 Å². The quantitative estimate of drug-likeness (QED) is 0.591. The minimum absolute atomic E-state index is 0.258. The first-order valence-electron chi connectivity index (χ1n) is 9.27. The largest absolute Gasteiger partial charge is 0.377 e. The predicted molar refractivity (Wildman–Crippen MR) is 107 cm³/mol. The molecule has 0 unspecified atom stereocenters. The molecule has 0 saturated carbocycles. The Bertz CT molecular complexity index is 1140. The van der Waals surface area contributed by atoms with Crippen molar-refractivity contribution in [2.45, 2.75) is 19.9 Å². The number of aromatic amines is 1. The van der Waals surface area contributed by atoms with Gasteiger partial charge >= 0.3 is 0 Å². The highest BCUT2D eigenvalue weighted by atomic mass is 16.5. The molecule has 1 aliphatic rings. The van der Waals surface area contributed by atoms with E-state index in [2.05, 4.69) is 41.1 Å². The predicted octanol–water partition coefficient (Wildman–Crippen LogP) is 3.71. The minimum Gasteiger partial charge on any atom is -0.377 e. The summed E-state index contributed by atoms with van der Waals surface area (Å²) >= 11 is 0. The molecule has 0 bridgehead atoms. The number of hydrogen-bond donors (Lipinski definition) is 1. The Morgan fingerprint density at radius 2 is 2.00 bits per heavy atom. The smallest absolute Gasteiger partial charge is 0.165 e. The molecule has 4 aromatic rings. The molecule has 6 heteroatoms. The lowest BCUT2D eigenvalue weighted by molar-refractivity contribution is 0.0987. The lowest BCUT2D eigenvalue weighted by atomic mass is 10.1. The molecular weight excluding hydrogens is 338 g/mol. The fraction of sp³-hybridized carbons (Fsp3) is 0.286. The molecule has 0 radical (unpaired) electrons. The molecule has 5 rings (SSSR count). The van der Waals surface area contributed by atoms with Gasteiger partial charge in [-0.05, 0) is 38.1 Å². The molecular formula is C21H21N5O. The van der Waals surface area contributed by atoms with Gasteiger partial charge in [0.15, 0.2) is 11.5 Å². The molecule has 27 heavy (non-hydrogen) atoms. The van der Waals surface area contributed by atoms with Gasteiger partial charge in [0, 0.05) is 34.9 Å². The van der Waals surface area contributed by atoms with E-state index in [0.29, 0.717) is 19.0 Å². The molecule has 3 aromatic heterocycles. The maximum atomic E-state index is 5.62. The summed E-state index contributed by atoms with van der Waals surface area (Å²) in [6.07, 6.45) is 1.95. The number of benzene rings is 1. The van der Waals surface area contributed by atoms with Crippen LogP contribution in [-0.2, 0) is 4.74 Å². The van der Waals surface area contributed by atoms with Crippen molar-refractivity contribution in [3.05, 3.63) is 48.3 Å². The Morgan fingerprint density at radius 1 is 1.07 bits per heavy atom. The van der Waals surface area contributed by atoms with Crippen LogP contribution in [0, 0.1) is 6.92 Å². The molecule has 136 valence electrons. The van der Waals surface area contributed by atoms with Crippen LogP contribution in [0.5, 0.6) is 0 Å². The van der Waals surface area contributed by atoms with Crippen molar-refractivity contribution >= 4 is 27.8 Å². The zero-order valence-corrected chi connectivity index (χ0v) is 15.4. The highest BCUT2D eigenvalue weighted by Crippen LogP contribution is 2.32. The highest BCUT2D eigenvalue weighted by molar-refractivity contribution is 5.96. The molecule has 1 fully saturated rings. The van der Waals surface area contributed by atoms with Crippen molar-refractivity contribution < 1.29 is 4.74 Å². The Kier molecular flexibility index (Phi) is 3.79. The maximum Gasteiger partial charge on any atom is 0.165 e. The van der Waals surface area contributed by atoms with Crippen LogP contribution >= 0.6 is 0 Å². The zero-order valence-electron chi connectivity index (χ0n) is 15.4. The van der Waals surface area contributed by atoms with Gasteiger partial charge < -0.3 is 14.6 Å². The highest BCUT2D eigenvalue weighted by Gasteiger charge is 2.24. The fourth-order valence-corrected chi connectivity index (χ4v) is 3.75. The molecule has 1 N–H and O–H groups in total. The minimum atomic E-state index is 0.258. The lowest BCUT2D eigenvalue weighted by Crippen LogP contribution is -2.44. The monoisotopic (exact) mass is 359 g/mol. The number of anilines is 1. The number of nitrogens with one attached hydrogen (secondary N) is 1. The molecule has 6 nitrogen and oxygen atoms in total. The topological polar surface area (TPSA) is 66.9 Å². The van der Waals surface area contributed by atoms with Crippen LogP contribution in [0.2, 0.25) is 0 Å². The maximum absolute atomic E-state index is 5.62. The van der Waals surface area contributed by atoms with Crippen LogP contribution in [0.1, 0.15) is 12.6 Å². The van der Waals surface area contributed by atoms with E-state index in [4.69, 9.17) is 19.7 Å². The number of H-pyrrole nitrogens is 1. The third kappa shape index (κ3) is 2.73. The van der Waals surface area contributed by atoms with E-state index in [1.807, 2.05) is 25.3 Å². The number of ether oxygens (including phenoxy) is 1. The van der Waals surface area contributed by atoms with Gasteiger partial charge in [-0.3, -0.25) is 0 Å². The van der Waals surface area contributed by atoms with Gasteiger partial charge in [-0.25, -0.2) is 15.0 Å². The Labute approximate surface area is 157 Å². The number of aryl methyl sites for hydroxylation is 1. The van der Waals surface area contributed by atoms with Gasteiger partial charge in [0.05, 0.1) is 24.6 Å². The first-order valence-corrected chi connectivity index (χ1v) is 9.27. The molecule has 0 spiro atoms. The Morgan fingerprint density at radius 3 is 2.89 bits per heavy atom. The number of morpholine rings is 1. The second kappa shape index (κ2) is 6.32. The molecule has 1 aromatic carbocycles. The van der Waals surface area contributed by atoms with E-state index >= 15 is 0 Å². The summed E-state index contributed by atoms with van der Waals surface area (Å²) in [6, 6.07) is 12.6. The summed E-state index contributed by atoms with van der Waals surface area (Å²) in [5, 5.41) is 2.10. The van der Waals surface area contributed by atoms with Crippen LogP contribution in [0.15, 0.2) is 42.6 Å². The first-order chi connectivity index (χ1) is 13.2. The van der Waals surface area contributed by atoms with Crippen molar-refractivity contribution in [3.63, 3.8) is 0 Å². The zero-order chi connectivity index (χ0) is 18.4. The third-order valence-corrected chi connectivity index (χ3v) is 5.15. The van der Waals surface area contributed by atoms with E-state index in [1.54, 1.807) is 0 Å². The van der Waals surface area contributed by atoms with E-state index in [0.717, 1.165) is 45.6 Å². The molecule has 1 saturated heterocycles. The summed E-state index contributed by atoms with van der Waals surface area (Å²) in [5.41, 5.74) is 3.78. The molecule has 1 atom stereocenters. The van der Waals surface area contributed by atoms with Crippen molar-refractivity contribution in [1.82, 2.24) is 19.9 Å². The number of fused-ring (bicyclic) bond motifs is 2. The summed E-state index contributed by atoms with van der Waals surface area (Å²) in [7, 11) is 0. The van der Waals surface area contributed by atoms with Crippen LogP contribution in [0.3, 0.4) is 0 Å². The number of pyridine rings is 1. The van der Waals surface area contributed by atoms with Crippen LogP contribution < -0.4 is 4.90 Å². The standard InChI is InChI=1S/C21H21N5O/c1-13-6-7-17-20(23-13)24-19(16-4-3-5-18-15(16)8-9-22-18)25-21(17)26-10-11-27-12-14(26)2/h3-9,14,22H,10-12H2,1-2H3/t14-/m1/s1. The fourth-order valence-electron chi connectivity index (χ4n) is 3.75. The van der Waals surface area contributed by atoms with Gasteiger partial charge in [0.1, 0.15) is 5.82 Å². The molecule has 4 heterocycles. The lowest BCUT2D eigenvalue weighted by Gasteiger charge is -2.35. The van der Waals surface area contributed by atoms with Gasteiger partial charge in [-0.2, -0.15) is 0 Å². The SMILES string of the molecule is Cc1ccc2c(N3CCOC[C@H]3C)nc(-c3cccc4[nH]ccc34)nc2n1. The van der Waals surface area contributed by atoms with Gasteiger partial charge in [0.2, 0.25) is 0 Å². The first kappa shape index (κ1) is 16.2. The van der Waals surface area contributed by atoms with Crippen LogP contribution in [0.4, 0.5) is 5.82 Å². The van der Waals surface area contributed by atoms with Crippen molar-refractivity contribution in [1.29, 1.82) is 0 Å². The van der Waals surface area contributed by atoms with Crippen LogP contribution in [-0.4, -0.2) is 45.7 Å². The van der Waals surface area contributed by atoms with Gasteiger partial charge in [-0.15, -0.1) is 0 Å². The average Bonchev–Trinajstić information content (AvgIpc) is 3.16. The van der Waals surface area contributed by atoms with Gasteiger partial charge in [0.25, 0.3) is 0 Å². The molecule has 1 aliphatic heterocycles. The van der Waals surface area contributed by atoms with Crippen molar-refractivity contribution in [2.24, 2.45) is 0 Å². The second-order valence-electron chi connectivity index (χ2n) is 7.06. The van der Waals surface area contributed by atoms with Crippen molar-refractivity contribution in [2.75, 3.05) is 24.7 Å². The molecule has 0 aliphatic carbocycles. The summed E-state index contributed by atoms with van der Waals surface area (Å²) in [4.78, 5) is 20.1. The Hall–Kier alpha value is -2.99. The van der Waals surface area contributed by atoms with E-state index < -0.39 is 0 Å². The van der Waals surface area contributed by atoms with Crippen LogP contribution in [0.25, 0.3) is 33.3 Å². The normalized spacial score (nSPS) is 17.7. The molecule has 0 amide bonds. The van der Waals surface area contributed by atoms with E-state index in [-0.39, 0.29) is 6.04 Å². The average molecular weight is 359 g/mol. The number of hydrogen-bond acceptors (Lipinski definition) is 5. The van der Waals surface area contributed by atoms with Crippen molar-refractivity contribution in [3.8, 4) is 11.4 Å². The summed E-state index contributed by atoms with van der Waals surface area (Å²) in [6.45, 7) is 6.38. The summed E-state index contributed by atoms with van der Waals surface area (Å²) < 4.78 is 5.62. The van der Waals surface area contributed by atoms with E-state index in [9.17, 15) is 0 Å². The summed E-state index contributed by atoms with van der Waals surface area (Å²) in [5.74, 6) is 1.64. The number of nitrogens with zero attached hydrogens (tertiary/aromatic N) is 4. The number of rotatable bonds is 2. The van der Waals surface area contributed by atoms with Gasteiger partial charge in [-0.1, -0.05) is 12.1 Å². The second-order valence-corrected chi connectivity index (χ2v) is 7.06. The third-order valence-electron chi connectivity index (χ3n) is 5.15. The Balaban J connectivity index is 1.77.